The second-order valence-corrected chi connectivity index (χ2v) is 6.50. The highest BCUT2D eigenvalue weighted by atomic mass is 32.1. The number of anilines is 1. The Kier molecular flexibility index (Phi) is 4.81. The molecule has 1 amide bonds. The number of aryl methyl sites for hydroxylation is 1. The summed E-state index contributed by atoms with van der Waals surface area (Å²) < 4.78 is 6.31. The number of carbonyl (C=O) groups excluding carboxylic acids is 1. The molecule has 0 N–H and O–H groups in total. The van der Waals surface area contributed by atoms with E-state index in [1.807, 2.05) is 0 Å². The van der Waals surface area contributed by atoms with Gasteiger partial charge in [0.25, 0.3) is 0 Å². The van der Waals surface area contributed by atoms with Crippen molar-refractivity contribution >= 4 is 32.8 Å². The van der Waals surface area contributed by atoms with Gasteiger partial charge in [-0.25, -0.2) is 9.78 Å². The van der Waals surface area contributed by atoms with Crippen LogP contribution in [0.2, 0.25) is 0 Å². The van der Waals surface area contributed by atoms with Gasteiger partial charge < -0.3 is 14.5 Å². The molecule has 2 heterocycles. The van der Waals surface area contributed by atoms with E-state index in [4.69, 9.17) is 9.72 Å². The first kappa shape index (κ1) is 15.8. The topological polar surface area (TPSA) is 45.7 Å². The third-order valence-corrected chi connectivity index (χ3v) is 5.06. The first-order chi connectivity index (χ1) is 11.2. The van der Waals surface area contributed by atoms with Crippen molar-refractivity contribution in [3.8, 4) is 0 Å². The van der Waals surface area contributed by atoms with Crippen molar-refractivity contribution in [1.82, 2.24) is 9.88 Å². The van der Waals surface area contributed by atoms with Gasteiger partial charge in [0.05, 0.1) is 10.2 Å². The van der Waals surface area contributed by atoms with Crippen molar-refractivity contribution in [3.05, 3.63) is 36.4 Å². The van der Waals surface area contributed by atoms with Crippen molar-refractivity contribution in [2.24, 2.45) is 0 Å². The van der Waals surface area contributed by atoms with Crippen molar-refractivity contribution < 1.29 is 9.53 Å². The molecular formula is C17H21N3O2S. The van der Waals surface area contributed by atoms with Crippen LogP contribution in [0.1, 0.15) is 12.5 Å². The number of fused-ring (bicyclic) bond motifs is 1. The lowest BCUT2D eigenvalue weighted by Gasteiger charge is -2.33. The van der Waals surface area contributed by atoms with Gasteiger partial charge in [0, 0.05) is 26.2 Å². The van der Waals surface area contributed by atoms with Crippen LogP contribution < -0.4 is 4.90 Å². The lowest BCUT2D eigenvalue weighted by molar-refractivity contribution is 0.110. The van der Waals surface area contributed by atoms with E-state index in [0.717, 1.165) is 30.2 Å². The van der Waals surface area contributed by atoms with Crippen molar-refractivity contribution in [2.45, 2.75) is 13.3 Å². The van der Waals surface area contributed by atoms with Crippen LogP contribution in [0.3, 0.4) is 0 Å². The van der Waals surface area contributed by atoms with Crippen molar-refractivity contribution in [3.63, 3.8) is 0 Å². The maximum absolute atomic E-state index is 11.8. The first-order valence-corrected chi connectivity index (χ1v) is 8.70. The summed E-state index contributed by atoms with van der Waals surface area (Å²) in [4.78, 5) is 20.5. The number of aromatic nitrogens is 1. The molecule has 1 aromatic carbocycles. The van der Waals surface area contributed by atoms with E-state index >= 15 is 0 Å². The molecule has 0 radical (unpaired) electrons. The Labute approximate surface area is 140 Å². The van der Waals surface area contributed by atoms with E-state index in [2.05, 4.69) is 36.6 Å². The van der Waals surface area contributed by atoms with Gasteiger partial charge in [-0.3, -0.25) is 0 Å². The van der Waals surface area contributed by atoms with Crippen LogP contribution in [0.4, 0.5) is 9.93 Å². The average Bonchev–Trinajstić information content (AvgIpc) is 3.02. The van der Waals surface area contributed by atoms with Gasteiger partial charge in [-0.1, -0.05) is 37.0 Å². The maximum Gasteiger partial charge on any atom is 0.410 e. The molecule has 0 unspecified atom stereocenters. The smallest absolute Gasteiger partial charge is 0.410 e. The van der Waals surface area contributed by atoms with Gasteiger partial charge in [-0.15, -0.1) is 0 Å². The number of hydrogen-bond donors (Lipinski definition) is 0. The summed E-state index contributed by atoms with van der Waals surface area (Å²) in [6.07, 6.45) is 2.36. The van der Waals surface area contributed by atoms with Gasteiger partial charge in [-0.05, 0) is 24.1 Å². The fourth-order valence-electron chi connectivity index (χ4n) is 2.61. The number of amides is 1. The predicted molar refractivity (Wildman–Crippen MR) is 94.3 cm³/mol. The Bertz CT molecular complexity index is 705. The Morgan fingerprint density at radius 2 is 2.17 bits per heavy atom. The van der Waals surface area contributed by atoms with Gasteiger partial charge in [0.15, 0.2) is 5.13 Å². The van der Waals surface area contributed by atoms with Gasteiger partial charge in [0.1, 0.15) is 6.61 Å². The summed E-state index contributed by atoms with van der Waals surface area (Å²) in [5.74, 6) is 0. The SMILES string of the molecule is C=CCOC(=O)N1CCN(c2nc3ccc(CC)cc3s2)CC1. The molecule has 1 aliphatic heterocycles. The van der Waals surface area contributed by atoms with Crippen LogP contribution in [0.5, 0.6) is 0 Å². The molecule has 1 fully saturated rings. The summed E-state index contributed by atoms with van der Waals surface area (Å²) in [5.41, 5.74) is 2.39. The summed E-state index contributed by atoms with van der Waals surface area (Å²) in [5, 5.41) is 1.03. The lowest BCUT2D eigenvalue weighted by atomic mass is 10.2. The lowest BCUT2D eigenvalue weighted by Crippen LogP contribution is -2.49. The van der Waals surface area contributed by atoms with E-state index in [1.165, 1.54) is 10.3 Å². The van der Waals surface area contributed by atoms with Crippen LogP contribution in [0, 0.1) is 0 Å². The molecule has 2 aromatic rings. The second-order valence-electron chi connectivity index (χ2n) is 5.49. The molecular weight excluding hydrogens is 310 g/mol. The summed E-state index contributed by atoms with van der Waals surface area (Å²) in [6, 6.07) is 6.45. The minimum atomic E-state index is -0.263. The number of hydrogen-bond acceptors (Lipinski definition) is 5. The molecule has 6 heteroatoms. The largest absolute Gasteiger partial charge is 0.445 e. The van der Waals surface area contributed by atoms with E-state index in [9.17, 15) is 4.79 Å². The van der Waals surface area contributed by atoms with E-state index in [0.29, 0.717) is 13.1 Å². The number of benzene rings is 1. The quantitative estimate of drug-likeness (QED) is 0.807. The van der Waals surface area contributed by atoms with Crippen LogP contribution in [0.15, 0.2) is 30.9 Å². The van der Waals surface area contributed by atoms with Crippen LogP contribution >= 0.6 is 11.3 Å². The minimum Gasteiger partial charge on any atom is -0.445 e. The highest BCUT2D eigenvalue weighted by Gasteiger charge is 2.23. The van der Waals surface area contributed by atoms with Gasteiger partial charge in [-0.2, -0.15) is 0 Å². The fourth-order valence-corrected chi connectivity index (χ4v) is 3.69. The molecule has 0 saturated carbocycles. The van der Waals surface area contributed by atoms with Crippen molar-refractivity contribution in [2.75, 3.05) is 37.7 Å². The number of ether oxygens (including phenoxy) is 1. The zero-order chi connectivity index (χ0) is 16.2. The third kappa shape index (κ3) is 3.47. The molecule has 1 aromatic heterocycles. The van der Waals surface area contributed by atoms with Crippen LogP contribution in [-0.4, -0.2) is 48.8 Å². The van der Waals surface area contributed by atoms with Gasteiger partial charge in [0.2, 0.25) is 0 Å². The van der Waals surface area contributed by atoms with Gasteiger partial charge >= 0.3 is 6.09 Å². The molecule has 0 aliphatic carbocycles. The number of carbonyl (C=O) groups is 1. The Morgan fingerprint density at radius 1 is 1.39 bits per heavy atom. The molecule has 0 bridgehead atoms. The van der Waals surface area contributed by atoms with E-state index in [1.54, 1.807) is 22.3 Å². The molecule has 5 nitrogen and oxygen atoms in total. The second kappa shape index (κ2) is 7.00. The molecule has 0 atom stereocenters. The molecule has 0 spiro atoms. The summed E-state index contributed by atoms with van der Waals surface area (Å²) in [6.45, 7) is 8.85. The Morgan fingerprint density at radius 3 is 2.87 bits per heavy atom. The zero-order valence-electron chi connectivity index (χ0n) is 13.3. The van der Waals surface area contributed by atoms with E-state index < -0.39 is 0 Å². The molecule has 23 heavy (non-hydrogen) atoms. The predicted octanol–water partition coefficient (Wildman–Crippen LogP) is 3.30. The van der Waals surface area contributed by atoms with Crippen LogP contribution in [-0.2, 0) is 11.2 Å². The first-order valence-electron chi connectivity index (χ1n) is 7.88. The Hall–Kier alpha value is -2.08. The number of nitrogens with zero attached hydrogens (tertiary/aromatic N) is 3. The minimum absolute atomic E-state index is 0.261. The molecule has 3 rings (SSSR count). The summed E-state index contributed by atoms with van der Waals surface area (Å²) >= 11 is 1.72. The highest BCUT2D eigenvalue weighted by Crippen LogP contribution is 2.30. The van der Waals surface area contributed by atoms with Crippen molar-refractivity contribution in [1.29, 1.82) is 0 Å². The molecule has 122 valence electrons. The maximum atomic E-state index is 11.8. The number of rotatable bonds is 4. The fraction of sp³-hybridized carbons (Fsp3) is 0.412. The molecule has 1 saturated heterocycles. The third-order valence-electron chi connectivity index (χ3n) is 3.98. The molecule has 1 aliphatic rings. The summed E-state index contributed by atoms with van der Waals surface area (Å²) in [7, 11) is 0. The number of piperazine rings is 1. The number of thiazole rings is 1. The average molecular weight is 331 g/mol. The van der Waals surface area contributed by atoms with E-state index in [-0.39, 0.29) is 12.7 Å². The van der Waals surface area contributed by atoms with Crippen LogP contribution in [0.25, 0.3) is 10.2 Å². The Balaban J connectivity index is 1.65. The monoisotopic (exact) mass is 331 g/mol. The zero-order valence-corrected chi connectivity index (χ0v) is 14.1. The normalized spacial score (nSPS) is 15.0. The highest BCUT2D eigenvalue weighted by molar-refractivity contribution is 7.22. The standard InChI is InChI=1S/C17H21N3O2S/c1-3-11-22-17(21)20-9-7-19(8-10-20)16-18-14-6-5-13(4-2)12-15(14)23-16/h3,5-6,12H,1,4,7-11H2,2H3.